The highest BCUT2D eigenvalue weighted by atomic mass is 79.9. The van der Waals surface area contributed by atoms with E-state index in [0.717, 1.165) is 18.5 Å². The van der Waals surface area contributed by atoms with Crippen molar-refractivity contribution < 1.29 is 4.39 Å². The van der Waals surface area contributed by atoms with Crippen molar-refractivity contribution in [2.24, 2.45) is 0 Å². The summed E-state index contributed by atoms with van der Waals surface area (Å²) in [5, 5.41) is 7.95. The van der Waals surface area contributed by atoms with E-state index in [1.807, 2.05) is 0 Å². The monoisotopic (exact) mass is 317 g/mol. The second-order valence-corrected chi connectivity index (χ2v) is 4.78. The number of aromatic nitrogens is 3. The summed E-state index contributed by atoms with van der Waals surface area (Å²) >= 11 is 8.71. The summed E-state index contributed by atoms with van der Waals surface area (Å²) in [7, 11) is 0. The van der Waals surface area contributed by atoms with E-state index in [0.29, 0.717) is 16.0 Å². The first-order chi connectivity index (χ1) is 8.20. The number of benzene rings is 1. The Morgan fingerprint density at radius 1 is 1.41 bits per heavy atom. The van der Waals surface area contributed by atoms with Crippen molar-refractivity contribution in [3.63, 3.8) is 0 Å². The molecule has 0 radical (unpaired) electrons. The van der Waals surface area contributed by atoms with Gasteiger partial charge >= 0.3 is 0 Å². The third-order valence-corrected chi connectivity index (χ3v) is 3.19. The minimum Gasteiger partial charge on any atom is -0.220 e. The van der Waals surface area contributed by atoms with Crippen LogP contribution in [0.25, 0.3) is 5.69 Å². The number of aryl methyl sites for hydroxylation is 1. The third kappa shape index (κ3) is 3.04. The van der Waals surface area contributed by atoms with Crippen LogP contribution in [-0.2, 0) is 6.42 Å². The molecule has 2 rings (SSSR count). The number of hydrogen-bond donors (Lipinski definition) is 0. The second kappa shape index (κ2) is 5.60. The largest absolute Gasteiger partial charge is 0.220 e. The highest BCUT2D eigenvalue weighted by molar-refractivity contribution is 9.10. The topological polar surface area (TPSA) is 30.7 Å². The fourth-order valence-corrected chi connectivity index (χ4v) is 1.79. The van der Waals surface area contributed by atoms with Gasteiger partial charge in [0.25, 0.3) is 0 Å². The van der Waals surface area contributed by atoms with Crippen molar-refractivity contribution in [1.82, 2.24) is 15.0 Å². The van der Waals surface area contributed by atoms with Crippen molar-refractivity contribution in [2.45, 2.75) is 12.8 Å². The molecule has 0 saturated heterocycles. The lowest BCUT2D eigenvalue weighted by Gasteiger charge is -2.00. The molecule has 6 heteroatoms. The van der Waals surface area contributed by atoms with E-state index < -0.39 is 0 Å². The molecule has 0 amide bonds. The molecule has 3 nitrogen and oxygen atoms in total. The Hall–Kier alpha value is -0.940. The molecule has 90 valence electrons. The Kier molecular flexibility index (Phi) is 4.12. The van der Waals surface area contributed by atoms with Gasteiger partial charge in [-0.3, -0.25) is 0 Å². The maximum absolute atomic E-state index is 13.3. The van der Waals surface area contributed by atoms with E-state index in [2.05, 4.69) is 26.2 Å². The van der Waals surface area contributed by atoms with Gasteiger partial charge in [0.1, 0.15) is 5.82 Å². The molecule has 0 aliphatic rings. The first-order valence-electron chi connectivity index (χ1n) is 5.13. The van der Waals surface area contributed by atoms with Crippen molar-refractivity contribution >= 4 is 27.5 Å². The lowest BCUT2D eigenvalue weighted by atomic mass is 10.3. The molecule has 17 heavy (non-hydrogen) atoms. The Bertz CT molecular complexity index is 515. The highest BCUT2D eigenvalue weighted by Gasteiger charge is 2.05. The van der Waals surface area contributed by atoms with Gasteiger partial charge in [-0.05, 0) is 40.9 Å². The fourth-order valence-electron chi connectivity index (χ4n) is 1.41. The van der Waals surface area contributed by atoms with Crippen molar-refractivity contribution in [2.75, 3.05) is 5.88 Å². The molecule has 1 aromatic heterocycles. The van der Waals surface area contributed by atoms with Crippen LogP contribution in [0.1, 0.15) is 12.1 Å². The molecule has 0 aliphatic carbocycles. The van der Waals surface area contributed by atoms with Gasteiger partial charge < -0.3 is 0 Å². The first-order valence-corrected chi connectivity index (χ1v) is 6.46. The summed E-state index contributed by atoms with van der Waals surface area (Å²) in [4.78, 5) is 0. The van der Waals surface area contributed by atoms with Crippen molar-refractivity contribution in [3.8, 4) is 5.69 Å². The maximum atomic E-state index is 13.3. The van der Waals surface area contributed by atoms with Gasteiger partial charge in [0.2, 0.25) is 0 Å². The molecule has 1 aromatic carbocycles. The standard InChI is InChI=1S/C11H10BrClFN3/c12-10-4-3-9(6-11(10)14)17-7-8(15-16-17)2-1-5-13/h3-4,6-7H,1-2,5H2. The summed E-state index contributed by atoms with van der Waals surface area (Å²) < 4.78 is 15.3. The van der Waals surface area contributed by atoms with E-state index in [-0.39, 0.29) is 5.82 Å². The minimum absolute atomic E-state index is 0.319. The van der Waals surface area contributed by atoms with Gasteiger partial charge in [-0.15, -0.1) is 16.7 Å². The fraction of sp³-hybridized carbons (Fsp3) is 0.273. The average molecular weight is 319 g/mol. The predicted molar refractivity (Wildman–Crippen MR) is 68.1 cm³/mol. The zero-order valence-corrected chi connectivity index (χ0v) is 11.2. The Labute approximate surface area is 112 Å². The smallest absolute Gasteiger partial charge is 0.139 e. The van der Waals surface area contributed by atoms with Crippen LogP contribution in [0.3, 0.4) is 0 Å². The van der Waals surface area contributed by atoms with E-state index in [9.17, 15) is 4.39 Å². The summed E-state index contributed by atoms with van der Waals surface area (Å²) in [6, 6.07) is 4.82. The van der Waals surface area contributed by atoms with E-state index in [1.165, 1.54) is 6.07 Å². The molecular formula is C11H10BrClFN3. The Morgan fingerprint density at radius 3 is 2.94 bits per heavy atom. The lowest BCUT2D eigenvalue weighted by Crippen LogP contribution is -1.95. The lowest BCUT2D eigenvalue weighted by molar-refractivity contribution is 0.618. The molecule has 0 atom stereocenters. The van der Waals surface area contributed by atoms with Gasteiger partial charge in [-0.2, -0.15) is 0 Å². The minimum atomic E-state index is -0.319. The van der Waals surface area contributed by atoms with E-state index in [4.69, 9.17) is 11.6 Å². The SMILES string of the molecule is Fc1cc(-n2cc(CCCCl)nn2)ccc1Br. The van der Waals surface area contributed by atoms with Crippen LogP contribution in [0.15, 0.2) is 28.9 Å². The van der Waals surface area contributed by atoms with Crippen LogP contribution in [-0.4, -0.2) is 20.9 Å². The quantitative estimate of drug-likeness (QED) is 0.810. The second-order valence-electron chi connectivity index (χ2n) is 3.55. The first kappa shape index (κ1) is 12.5. The number of halogens is 3. The van der Waals surface area contributed by atoms with E-state index >= 15 is 0 Å². The van der Waals surface area contributed by atoms with Crippen LogP contribution >= 0.6 is 27.5 Å². The number of rotatable bonds is 4. The van der Waals surface area contributed by atoms with E-state index in [1.54, 1.807) is 23.0 Å². The molecular weight excluding hydrogens is 308 g/mol. The highest BCUT2D eigenvalue weighted by Crippen LogP contribution is 2.18. The van der Waals surface area contributed by atoms with Crippen molar-refractivity contribution in [3.05, 3.63) is 40.4 Å². The number of alkyl halides is 1. The molecule has 0 aliphatic heterocycles. The van der Waals surface area contributed by atoms with Crippen LogP contribution in [0.5, 0.6) is 0 Å². The van der Waals surface area contributed by atoms with Gasteiger partial charge in [0.05, 0.1) is 22.1 Å². The maximum Gasteiger partial charge on any atom is 0.139 e. The van der Waals surface area contributed by atoms with Crippen molar-refractivity contribution in [1.29, 1.82) is 0 Å². The van der Waals surface area contributed by atoms with Crippen LogP contribution in [0, 0.1) is 5.82 Å². The summed E-state index contributed by atoms with van der Waals surface area (Å²) in [6.45, 7) is 0. The Morgan fingerprint density at radius 2 is 2.24 bits per heavy atom. The molecule has 0 spiro atoms. The van der Waals surface area contributed by atoms with Gasteiger partial charge in [-0.25, -0.2) is 9.07 Å². The van der Waals surface area contributed by atoms with Crippen LogP contribution < -0.4 is 0 Å². The molecule has 0 unspecified atom stereocenters. The third-order valence-electron chi connectivity index (χ3n) is 2.28. The summed E-state index contributed by atoms with van der Waals surface area (Å²) in [6.07, 6.45) is 3.42. The van der Waals surface area contributed by atoms with Gasteiger partial charge in [0.15, 0.2) is 0 Å². The zero-order chi connectivity index (χ0) is 12.3. The summed E-state index contributed by atoms with van der Waals surface area (Å²) in [5.41, 5.74) is 1.50. The molecule has 0 N–H and O–H groups in total. The number of nitrogens with zero attached hydrogens (tertiary/aromatic N) is 3. The molecule has 1 heterocycles. The Balaban J connectivity index is 2.21. The molecule has 0 bridgehead atoms. The van der Waals surface area contributed by atoms with Crippen LogP contribution in [0.2, 0.25) is 0 Å². The zero-order valence-electron chi connectivity index (χ0n) is 8.91. The van der Waals surface area contributed by atoms with Gasteiger partial charge in [-0.1, -0.05) is 5.21 Å². The summed E-state index contributed by atoms with van der Waals surface area (Å²) in [5.74, 6) is 0.278. The number of hydrogen-bond acceptors (Lipinski definition) is 2. The predicted octanol–water partition coefficient (Wildman–Crippen LogP) is 3.34. The molecule has 0 saturated carbocycles. The normalized spacial score (nSPS) is 10.8. The molecule has 0 fully saturated rings. The average Bonchev–Trinajstić information content (AvgIpc) is 2.79. The molecule has 2 aromatic rings. The van der Waals surface area contributed by atoms with Crippen LogP contribution in [0.4, 0.5) is 4.39 Å². The van der Waals surface area contributed by atoms with Gasteiger partial charge in [0, 0.05) is 11.9 Å².